The lowest BCUT2D eigenvalue weighted by Crippen LogP contribution is -2.44. The Labute approximate surface area is 159 Å². The van der Waals surface area contributed by atoms with Gasteiger partial charge < -0.3 is 14.2 Å². The topological polar surface area (TPSA) is 78.9 Å². The Bertz CT molecular complexity index is 730. The van der Waals surface area contributed by atoms with Crippen LogP contribution in [0.2, 0.25) is 0 Å². The minimum atomic E-state index is -1.55. The van der Waals surface area contributed by atoms with Crippen LogP contribution in [0.4, 0.5) is 0 Å². The van der Waals surface area contributed by atoms with Gasteiger partial charge in [0.15, 0.2) is 11.0 Å². The third-order valence-electron chi connectivity index (χ3n) is 4.68. The largest absolute Gasteiger partial charge is 0.465 e. The van der Waals surface area contributed by atoms with Crippen molar-refractivity contribution in [2.75, 3.05) is 13.2 Å². The standard InChI is InChI=1S/C21H24O6/c1-5-20(27-15(4)22,13-16-11-9-8-10-12-16)17-14-21(17,18(23)25-6-2)19(24)26-7-3/h1,8-12,17H,6-7,13-14H2,2-4H3. The summed E-state index contributed by atoms with van der Waals surface area (Å²) in [4.78, 5) is 37.0. The summed E-state index contributed by atoms with van der Waals surface area (Å²) in [6.45, 7) is 4.77. The summed E-state index contributed by atoms with van der Waals surface area (Å²) in [5, 5.41) is 0. The molecule has 0 aromatic heterocycles. The second kappa shape index (κ2) is 8.26. The second-order valence-corrected chi connectivity index (χ2v) is 6.46. The molecule has 0 heterocycles. The van der Waals surface area contributed by atoms with Gasteiger partial charge in [-0.1, -0.05) is 36.3 Å². The third kappa shape index (κ3) is 3.97. The fraction of sp³-hybridized carbons (Fsp3) is 0.476. The molecule has 2 atom stereocenters. The van der Waals surface area contributed by atoms with E-state index in [2.05, 4.69) is 5.92 Å². The highest BCUT2D eigenvalue weighted by Crippen LogP contribution is 2.61. The quantitative estimate of drug-likeness (QED) is 0.302. The van der Waals surface area contributed by atoms with Gasteiger partial charge in [-0.15, -0.1) is 6.42 Å². The molecular formula is C21H24O6. The lowest BCUT2D eigenvalue weighted by Gasteiger charge is -2.30. The van der Waals surface area contributed by atoms with E-state index < -0.39 is 34.8 Å². The van der Waals surface area contributed by atoms with Crippen molar-refractivity contribution in [2.45, 2.75) is 39.2 Å². The highest BCUT2D eigenvalue weighted by molar-refractivity contribution is 6.04. The molecule has 1 fully saturated rings. The van der Waals surface area contributed by atoms with Gasteiger partial charge in [0.1, 0.15) is 0 Å². The first-order valence-electron chi connectivity index (χ1n) is 8.92. The SMILES string of the molecule is C#CC(Cc1ccccc1)(OC(C)=O)C1CC1(C(=O)OCC)C(=O)OCC. The smallest absolute Gasteiger partial charge is 0.323 e. The minimum absolute atomic E-state index is 0.106. The van der Waals surface area contributed by atoms with Crippen molar-refractivity contribution in [1.29, 1.82) is 0 Å². The fourth-order valence-corrected chi connectivity index (χ4v) is 3.45. The van der Waals surface area contributed by atoms with Crippen molar-refractivity contribution in [3.63, 3.8) is 0 Å². The van der Waals surface area contributed by atoms with Crippen LogP contribution in [0.25, 0.3) is 0 Å². The van der Waals surface area contributed by atoms with Crippen LogP contribution < -0.4 is 0 Å². The van der Waals surface area contributed by atoms with E-state index in [4.69, 9.17) is 20.6 Å². The van der Waals surface area contributed by atoms with E-state index in [1.807, 2.05) is 30.3 Å². The van der Waals surface area contributed by atoms with Gasteiger partial charge in [0.25, 0.3) is 0 Å². The van der Waals surface area contributed by atoms with Crippen molar-refractivity contribution >= 4 is 17.9 Å². The number of carbonyl (C=O) groups is 3. The normalized spacial score (nSPS) is 19.1. The van der Waals surface area contributed by atoms with E-state index in [0.29, 0.717) is 0 Å². The van der Waals surface area contributed by atoms with Gasteiger partial charge in [-0.2, -0.15) is 0 Å². The summed E-state index contributed by atoms with van der Waals surface area (Å²) in [5.41, 5.74) is -2.18. The maximum Gasteiger partial charge on any atom is 0.323 e. The second-order valence-electron chi connectivity index (χ2n) is 6.46. The molecule has 0 spiro atoms. The lowest BCUT2D eigenvalue weighted by molar-refractivity contribution is -0.170. The molecule has 0 aliphatic heterocycles. The first kappa shape index (κ1) is 20.5. The number of carbonyl (C=O) groups excluding carboxylic acids is 3. The van der Waals surface area contributed by atoms with Gasteiger partial charge in [-0.25, -0.2) is 0 Å². The molecule has 2 unspecified atom stereocenters. The van der Waals surface area contributed by atoms with Gasteiger partial charge in [-0.3, -0.25) is 14.4 Å². The number of rotatable bonds is 8. The average Bonchev–Trinajstić information content (AvgIpc) is 3.40. The molecule has 0 bridgehead atoms. The molecular weight excluding hydrogens is 348 g/mol. The van der Waals surface area contributed by atoms with E-state index in [0.717, 1.165) is 5.56 Å². The average molecular weight is 372 g/mol. The molecule has 2 rings (SSSR count). The summed E-state index contributed by atoms with van der Waals surface area (Å²) in [6, 6.07) is 9.21. The Morgan fingerprint density at radius 1 is 1.15 bits per heavy atom. The molecule has 1 aliphatic carbocycles. The number of ether oxygens (including phenoxy) is 3. The highest BCUT2D eigenvalue weighted by atomic mass is 16.6. The van der Waals surface area contributed by atoms with Crippen molar-refractivity contribution in [2.24, 2.45) is 11.3 Å². The number of esters is 3. The molecule has 6 heteroatoms. The number of hydrogen-bond acceptors (Lipinski definition) is 6. The Morgan fingerprint density at radius 3 is 2.15 bits per heavy atom. The maximum atomic E-state index is 12.6. The Kier molecular flexibility index (Phi) is 6.27. The number of benzene rings is 1. The fourth-order valence-electron chi connectivity index (χ4n) is 3.45. The molecule has 0 radical (unpaired) electrons. The molecule has 27 heavy (non-hydrogen) atoms. The van der Waals surface area contributed by atoms with Gasteiger partial charge >= 0.3 is 17.9 Å². The van der Waals surface area contributed by atoms with E-state index in [1.165, 1.54) is 6.92 Å². The lowest BCUT2D eigenvalue weighted by atomic mass is 9.85. The molecule has 0 saturated heterocycles. The van der Waals surface area contributed by atoms with Crippen LogP contribution in [-0.4, -0.2) is 36.7 Å². The first-order valence-corrected chi connectivity index (χ1v) is 8.92. The zero-order valence-corrected chi connectivity index (χ0v) is 15.8. The van der Waals surface area contributed by atoms with Crippen molar-refractivity contribution < 1.29 is 28.6 Å². The summed E-state index contributed by atoms with van der Waals surface area (Å²) in [7, 11) is 0. The van der Waals surface area contributed by atoms with Gasteiger partial charge in [0.05, 0.1) is 13.2 Å². The molecule has 1 aliphatic rings. The highest BCUT2D eigenvalue weighted by Gasteiger charge is 2.75. The van der Waals surface area contributed by atoms with Gasteiger partial charge in [0, 0.05) is 19.3 Å². The Hall–Kier alpha value is -2.81. The van der Waals surface area contributed by atoms with E-state index >= 15 is 0 Å². The number of hydrogen-bond donors (Lipinski definition) is 0. The predicted molar refractivity (Wildman–Crippen MR) is 97.3 cm³/mol. The Balaban J connectivity index is 2.45. The van der Waals surface area contributed by atoms with Crippen molar-refractivity contribution in [3.8, 4) is 12.3 Å². The van der Waals surface area contributed by atoms with Gasteiger partial charge in [-0.05, 0) is 25.8 Å². The predicted octanol–water partition coefficient (Wildman–Crippen LogP) is 2.30. The van der Waals surface area contributed by atoms with Crippen molar-refractivity contribution in [3.05, 3.63) is 35.9 Å². The zero-order valence-electron chi connectivity index (χ0n) is 15.8. The van der Waals surface area contributed by atoms with Crippen LogP contribution in [0.15, 0.2) is 30.3 Å². The van der Waals surface area contributed by atoms with E-state index in [1.54, 1.807) is 13.8 Å². The van der Waals surface area contributed by atoms with Crippen LogP contribution in [0.1, 0.15) is 32.8 Å². The van der Waals surface area contributed by atoms with Crippen LogP contribution in [0.5, 0.6) is 0 Å². The summed E-state index contributed by atoms with van der Waals surface area (Å²) < 4.78 is 15.8. The van der Waals surface area contributed by atoms with E-state index in [9.17, 15) is 14.4 Å². The number of terminal acetylenes is 1. The summed E-state index contributed by atoms with van der Waals surface area (Å²) >= 11 is 0. The molecule has 1 saturated carbocycles. The Morgan fingerprint density at radius 2 is 1.70 bits per heavy atom. The zero-order chi connectivity index (χ0) is 20.1. The molecule has 6 nitrogen and oxygen atoms in total. The summed E-state index contributed by atoms with van der Waals surface area (Å²) in [6.07, 6.45) is 6.06. The van der Waals surface area contributed by atoms with Crippen LogP contribution in [-0.2, 0) is 35.0 Å². The van der Waals surface area contributed by atoms with Crippen molar-refractivity contribution in [1.82, 2.24) is 0 Å². The van der Waals surface area contributed by atoms with Gasteiger partial charge in [0.2, 0.25) is 0 Å². The first-order chi connectivity index (χ1) is 12.9. The molecule has 1 aromatic rings. The van der Waals surface area contributed by atoms with Crippen LogP contribution in [0, 0.1) is 23.7 Å². The monoisotopic (exact) mass is 372 g/mol. The molecule has 0 N–H and O–H groups in total. The third-order valence-corrected chi connectivity index (χ3v) is 4.68. The van der Waals surface area contributed by atoms with Crippen LogP contribution >= 0.6 is 0 Å². The van der Waals surface area contributed by atoms with Crippen LogP contribution in [0.3, 0.4) is 0 Å². The minimum Gasteiger partial charge on any atom is -0.465 e. The van der Waals surface area contributed by atoms with E-state index in [-0.39, 0.29) is 26.1 Å². The molecule has 1 aromatic carbocycles. The summed E-state index contributed by atoms with van der Waals surface area (Å²) in [5.74, 6) is -0.164. The molecule has 0 amide bonds. The molecule has 144 valence electrons. The maximum absolute atomic E-state index is 12.6.